The van der Waals surface area contributed by atoms with Gasteiger partial charge in [0, 0.05) is 28.7 Å². The fourth-order valence-electron chi connectivity index (χ4n) is 5.03. The Morgan fingerprint density at radius 3 is 2.41 bits per heavy atom. The second-order valence-electron chi connectivity index (χ2n) is 8.79. The Labute approximate surface area is 231 Å². The number of thiocarbonyl (C=S) groups is 1. The molecule has 190 valence electrons. The molecule has 37 heavy (non-hydrogen) atoms. The van der Waals surface area contributed by atoms with Gasteiger partial charge in [-0.25, -0.2) is 0 Å². The van der Waals surface area contributed by atoms with E-state index in [0.29, 0.717) is 26.7 Å². The molecule has 1 N–H and O–H groups in total. The Kier molecular flexibility index (Phi) is 7.03. The van der Waals surface area contributed by atoms with Gasteiger partial charge in [0.1, 0.15) is 11.5 Å². The average Bonchev–Trinajstić information content (AvgIpc) is 3.39. The van der Waals surface area contributed by atoms with Crippen LogP contribution in [0.2, 0.25) is 10.0 Å². The van der Waals surface area contributed by atoms with Crippen molar-refractivity contribution in [3.8, 4) is 17.2 Å². The molecule has 0 radical (unpaired) electrons. The van der Waals surface area contributed by atoms with Gasteiger partial charge in [-0.1, -0.05) is 29.3 Å². The number of rotatable bonds is 6. The van der Waals surface area contributed by atoms with Gasteiger partial charge in [-0.15, -0.1) is 0 Å². The molecule has 9 heteroatoms. The Hall–Kier alpha value is -3.26. The third-order valence-electron chi connectivity index (χ3n) is 6.68. The number of nitrogens with zero attached hydrogens (tertiary/aromatic N) is 3. The molecule has 2 aromatic carbocycles. The van der Waals surface area contributed by atoms with Crippen LogP contribution >= 0.6 is 35.4 Å². The van der Waals surface area contributed by atoms with Crippen molar-refractivity contribution in [1.29, 1.82) is 0 Å². The number of hydrogen-bond donors (Lipinski definition) is 1. The number of pyridine rings is 1. The van der Waals surface area contributed by atoms with Crippen LogP contribution < -0.4 is 19.7 Å². The van der Waals surface area contributed by atoms with E-state index in [4.69, 9.17) is 44.9 Å². The SMILES string of the molecule is COc1ccc(N2C(=S)N[C@@H](c3ccccn3)[C@@H]2c2cc(C)n(-c3ccc(Cl)cc3Cl)c2C)c(OC)c1. The number of aromatic nitrogens is 2. The van der Waals surface area contributed by atoms with Crippen molar-refractivity contribution in [2.75, 3.05) is 19.1 Å². The molecule has 0 amide bonds. The molecule has 4 aromatic rings. The summed E-state index contributed by atoms with van der Waals surface area (Å²) in [6.07, 6.45) is 1.80. The van der Waals surface area contributed by atoms with E-state index in [9.17, 15) is 0 Å². The maximum absolute atomic E-state index is 6.63. The summed E-state index contributed by atoms with van der Waals surface area (Å²) in [6, 6.07) is 18.9. The van der Waals surface area contributed by atoms with Gasteiger partial charge in [-0.2, -0.15) is 0 Å². The van der Waals surface area contributed by atoms with Crippen LogP contribution in [0.15, 0.2) is 66.9 Å². The number of halogens is 2. The monoisotopic (exact) mass is 552 g/mol. The fraction of sp³-hybridized carbons (Fsp3) is 0.214. The van der Waals surface area contributed by atoms with Gasteiger partial charge in [0.05, 0.1) is 48.4 Å². The van der Waals surface area contributed by atoms with Crippen molar-refractivity contribution in [3.63, 3.8) is 0 Å². The normalized spacial score (nSPS) is 17.1. The Morgan fingerprint density at radius 2 is 1.73 bits per heavy atom. The zero-order valence-corrected chi connectivity index (χ0v) is 23.2. The van der Waals surface area contributed by atoms with Crippen LogP contribution in [0.3, 0.4) is 0 Å². The summed E-state index contributed by atoms with van der Waals surface area (Å²) in [4.78, 5) is 6.77. The van der Waals surface area contributed by atoms with E-state index in [2.05, 4.69) is 39.7 Å². The van der Waals surface area contributed by atoms with E-state index < -0.39 is 0 Å². The number of anilines is 1. The number of nitrogens with one attached hydrogen (secondary N) is 1. The summed E-state index contributed by atoms with van der Waals surface area (Å²) in [5.41, 5.74) is 5.75. The molecule has 1 aliphatic rings. The third-order valence-corrected chi connectivity index (χ3v) is 7.54. The lowest BCUT2D eigenvalue weighted by molar-refractivity contribution is 0.394. The maximum atomic E-state index is 6.63. The first-order valence-corrected chi connectivity index (χ1v) is 12.9. The number of ether oxygens (including phenoxy) is 2. The molecular weight excluding hydrogens is 527 g/mol. The summed E-state index contributed by atoms with van der Waals surface area (Å²) in [5.74, 6) is 1.36. The van der Waals surface area contributed by atoms with Gasteiger partial charge < -0.3 is 24.3 Å². The molecule has 2 atom stereocenters. The van der Waals surface area contributed by atoms with Crippen molar-refractivity contribution >= 4 is 46.2 Å². The molecule has 3 heterocycles. The summed E-state index contributed by atoms with van der Waals surface area (Å²) < 4.78 is 13.3. The smallest absolute Gasteiger partial charge is 0.174 e. The maximum Gasteiger partial charge on any atom is 0.174 e. The second-order valence-corrected chi connectivity index (χ2v) is 10.0. The zero-order valence-electron chi connectivity index (χ0n) is 20.8. The molecule has 0 aliphatic carbocycles. The standard InChI is InChI=1S/C28H26Cl2N4O2S/c1-16-13-20(17(2)33(16)23-10-8-18(29)14-21(23)30)27-26(22-7-5-6-12-31-22)32-28(37)34(27)24-11-9-19(35-3)15-25(24)36-4/h5-15,26-27H,1-4H3,(H,32,37)/t26-,27-/m0/s1. The molecule has 0 saturated carbocycles. The predicted molar refractivity (Wildman–Crippen MR) is 153 cm³/mol. The van der Waals surface area contributed by atoms with E-state index >= 15 is 0 Å². The lowest BCUT2D eigenvalue weighted by Crippen LogP contribution is -2.30. The number of aryl methyl sites for hydroxylation is 1. The van der Waals surface area contributed by atoms with Crippen LogP contribution in [0.5, 0.6) is 11.5 Å². The molecule has 2 aromatic heterocycles. The molecule has 1 saturated heterocycles. The van der Waals surface area contributed by atoms with Crippen LogP contribution in [-0.2, 0) is 0 Å². The summed E-state index contributed by atoms with van der Waals surface area (Å²) in [6.45, 7) is 4.16. The lowest BCUT2D eigenvalue weighted by atomic mass is 9.96. The predicted octanol–water partition coefficient (Wildman–Crippen LogP) is 6.99. The van der Waals surface area contributed by atoms with Gasteiger partial charge >= 0.3 is 0 Å². The summed E-state index contributed by atoms with van der Waals surface area (Å²) >= 11 is 18.7. The molecule has 0 bridgehead atoms. The van der Waals surface area contributed by atoms with Gasteiger partial charge in [0.15, 0.2) is 5.11 Å². The molecule has 1 aliphatic heterocycles. The Balaban J connectivity index is 1.71. The highest BCUT2D eigenvalue weighted by molar-refractivity contribution is 7.80. The van der Waals surface area contributed by atoms with Gasteiger partial charge in [-0.3, -0.25) is 4.98 Å². The van der Waals surface area contributed by atoms with E-state index in [1.54, 1.807) is 26.5 Å². The fourth-order valence-corrected chi connectivity index (χ4v) is 5.87. The average molecular weight is 554 g/mol. The topological polar surface area (TPSA) is 51.5 Å². The number of methoxy groups -OCH3 is 2. The first-order chi connectivity index (χ1) is 17.8. The minimum atomic E-state index is -0.212. The highest BCUT2D eigenvalue weighted by atomic mass is 35.5. The van der Waals surface area contributed by atoms with Crippen LogP contribution in [-0.4, -0.2) is 28.9 Å². The third kappa shape index (κ3) is 4.52. The van der Waals surface area contributed by atoms with E-state index in [0.717, 1.165) is 34.0 Å². The van der Waals surface area contributed by atoms with Crippen molar-refractivity contribution in [2.45, 2.75) is 25.9 Å². The lowest BCUT2D eigenvalue weighted by Gasteiger charge is -2.29. The zero-order chi connectivity index (χ0) is 26.3. The van der Waals surface area contributed by atoms with Gasteiger partial charge in [0.25, 0.3) is 0 Å². The molecule has 1 fully saturated rings. The second kappa shape index (κ2) is 10.2. The molecule has 6 nitrogen and oxygen atoms in total. The first kappa shape index (κ1) is 25.4. The molecule has 5 rings (SSSR count). The van der Waals surface area contributed by atoms with Crippen LogP contribution in [0.1, 0.15) is 34.7 Å². The van der Waals surface area contributed by atoms with E-state index in [-0.39, 0.29) is 12.1 Å². The highest BCUT2D eigenvalue weighted by Crippen LogP contribution is 2.47. The summed E-state index contributed by atoms with van der Waals surface area (Å²) in [5, 5.41) is 5.27. The van der Waals surface area contributed by atoms with Crippen molar-refractivity contribution in [3.05, 3.63) is 99.6 Å². The number of hydrogen-bond acceptors (Lipinski definition) is 4. The minimum Gasteiger partial charge on any atom is -0.497 e. The Morgan fingerprint density at radius 1 is 0.946 bits per heavy atom. The van der Waals surface area contributed by atoms with Crippen molar-refractivity contribution < 1.29 is 9.47 Å². The van der Waals surface area contributed by atoms with Crippen molar-refractivity contribution in [1.82, 2.24) is 14.9 Å². The largest absolute Gasteiger partial charge is 0.497 e. The first-order valence-electron chi connectivity index (χ1n) is 11.7. The van der Waals surface area contributed by atoms with Crippen LogP contribution in [0.25, 0.3) is 5.69 Å². The quantitative estimate of drug-likeness (QED) is 0.260. The van der Waals surface area contributed by atoms with E-state index in [1.807, 2.05) is 48.5 Å². The van der Waals surface area contributed by atoms with Gasteiger partial charge in [-0.05, 0) is 80.2 Å². The molecule has 0 unspecified atom stereocenters. The molecule has 0 spiro atoms. The summed E-state index contributed by atoms with van der Waals surface area (Å²) in [7, 11) is 3.28. The highest BCUT2D eigenvalue weighted by Gasteiger charge is 2.43. The van der Waals surface area contributed by atoms with Crippen molar-refractivity contribution in [2.24, 2.45) is 0 Å². The molecular formula is C28H26Cl2N4O2S. The van der Waals surface area contributed by atoms with Crippen LogP contribution in [0.4, 0.5) is 5.69 Å². The van der Waals surface area contributed by atoms with Gasteiger partial charge in [0.2, 0.25) is 0 Å². The van der Waals surface area contributed by atoms with Crippen LogP contribution in [0, 0.1) is 13.8 Å². The number of benzene rings is 2. The Bertz CT molecular complexity index is 1470. The van der Waals surface area contributed by atoms with E-state index in [1.165, 1.54) is 0 Å². The minimum absolute atomic E-state index is 0.199.